The van der Waals surface area contributed by atoms with E-state index in [0.29, 0.717) is 6.54 Å². The summed E-state index contributed by atoms with van der Waals surface area (Å²) < 4.78 is 1.66. The van der Waals surface area contributed by atoms with Crippen LogP contribution in [0.2, 0.25) is 0 Å². The highest BCUT2D eigenvalue weighted by Gasteiger charge is 1.89. The van der Waals surface area contributed by atoms with Gasteiger partial charge in [-0.15, -0.1) is 11.8 Å². The zero-order valence-electron chi connectivity index (χ0n) is 7.08. The molecule has 0 N–H and O–H groups in total. The van der Waals surface area contributed by atoms with Gasteiger partial charge in [-0.1, -0.05) is 6.07 Å². The average Bonchev–Trinajstić information content (AvgIpc) is 2.09. The highest BCUT2D eigenvalue weighted by molar-refractivity contribution is 4.97. The van der Waals surface area contributed by atoms with Crippen molar-refractivity contribution in [3.8, 4) is 11.8 Å². The third kappa shape index (κ3) is 2.28. The number of aryl methyl sites for hydroxylation is 1. The molecule has 1 rings (SSSR count). The summed E-state index contributed by atoms with van der Waals surface area (Å²) in [6.45, 7) is 2.48. The minimum absolute atomic E-state index is 0.0374. The van der Waals surface area contributed by atoms with Gasteiger partial charge in [0, 0.05) is 25.2 Å². The van der Waals surface area contributed by atoms with E-state index in [4.69, 9.17) is 0 Å². The maximum Gasteiger partial charge on any atom is 0.250 e. The highest BCUT2D eigenvalue weighted by atomic mass is 16.1. The van der Waals surface area contributed by atoms with Crippen LogP contribution in [0, 0.1) is 11.8 Å². The number of nitrogens with zero attached hydrogens (tertiary/aromatic N) is 1. The largest absolute Gasteiger partial charge is 0.315 e. The van der Waals surface area contributed by atoms with E-state index in [0.717, 1.165) is 6.42 Å². The first-order valence-corrected chi connectivity index (χ1v) is 3.89. The third-order valence-electron chi connectivity index (χ3n) is 1.55. The molecule has 0 unspecified atom stereocenters. The topological polar surface area (TPSA) is 22.0 Å². The van der Waals surface area contributed by atoms with Crippen LogP contribution in [0.15, 0.2) is 29.2 Å². The molecule has 1 aromatic rings. The molecule has 0 amide bonds. The summed E-state index contributed by atoms with van der Waals surface area (Å²) in [6, 6.07) is 5.14. The lowest BCUT2D eigenvalue weighted by molar-refractivity contribution is 0.689. The first kappa shape index (κ1) is 8.61. The molecule has 0 aliphatic heterocycles. The van der Waals surface area contributed by atoms with Crippen LogP contribution in [0.5, 0.6) is 0 Å². The van der Waals surface area contributed by atoms with Crippen molar-refractivity contribution in [3.63, 3.8) is 0 Å². The van der Waals surface area contributed by atoms with Gasteiger partial charge >= 0.3 is 0 Å². The monoisotopic (exact) mass is 161 g/mol. The van der Waals surface area contributed by atoms with E-state index in [-0.39, 0.29) is 5.56 Å². The third-order valence-corrected chi connectivity index (χ3v) is 1.55. The minimum Gasteiger partial charge on any atom is -0.315 e. The second kappa shape index (κ2) is 4.40. The molecule has 0 spiro atoms. The van der Waals surface area contributed by atoms with Crippen molar-refractivity contribution in [2.24, 2.45) is 0 Å². The maximum absolute atomic E-state index is 11.1. The predicted octanol–water partition coefficient (Wildman–Crippen LogP) is 1.26. The SMILES string of the molecule is CC#CCCn1ccccc1=O. The van der Waals surface area contributed by atoms with Gasteiger partial charge in [-0.25, -0.2) is 0 Å². The first-order chi connectivity index (χ1) is 5.84. The van der Waals surface area contributed by atoms with Crippen molar-refractivity contribution in [2.75, 3.05) is 0 Å². The number of hydrogen-bond donors (Lipinski definition) is 0. The summed E-state index contributed by atoms with van der Waals surface area (Å²) in [5, 5.41) is 0. The molecule has 0 aliphatic carbocycles. The van der Waals surface area contributed by atoms with Gasteiger partial charge in [-0.05, 0) is 13.0 Å². The van der Waals surface area contributed by atoms with Crippen molar-refractivity contribution < 1.29 is 0 Å². The molecule has 0 aromatic carbocycles. The Kier molecular flexibility index (Phi) is 3.16. The Balaban J connectivity index is 2.67. The van der Waals surface area contributed by atoms with Crippen molar-refractivity contribution in [3.05, 3.63) is 34.7 Å². The Bertz CT molecular complexity index is 354. The molecule has 1 aromatic heterocycles. The molecule has 0 atom stereocenters. The summed E-state index contributed by atoms with van der Waals surface area (Å²) in [7, 11) is 0. The van der Waals surface area contributed by atoms with Gasteiger partial charge in [0.2, 0.25) is 0 Å². The second-order valence-corrected chi connectivity index (χ2v) is 2.41. The zero-order chi connectivity index (χ0) is 8.81. The Labute approximate surface area is 71.8 Å². The lowest BCUT2D eigenvalue weighted by atomic mass is 10.4. The van der Waals surface area contributed by atoms with Crippen LogP contribution >= 0.6 is 0 Å². The van der Waals surface area contributed by atoms with Crippen molar-refractivity contribution in [1.29, 1.82) is 0 Å². The zero-order valence-corrected chi connectivity index (χ0v) is 7.08. The highest BCUT2D eigenvalue weighted by Crippen LogP contribution is 1.85. The molecule has 0 fully saturated rings. The number of hydrogen-bond acceptors (Lipinski definition) is 1. The lowest BCUT2D eigenvalue weighted by Gasteiger charge is -1.99. The molecule has 1 heterocycles. The fourth-order valence-corrected chi connectivity index (χ4v) is 0.947. The Morgan fingerprint density at radius 1 is 1.50 bits per heavy atom. The van der Waals surface area contributed by atoms with Gasteiger partial charge in [-0.2, -0.15) is 0 Å². The lowest BCUT2D eigenvalue weighted by Crippen LogP contribution is -2.17. The smallest absolute Gasteiger partial charge is 0.250 e. The molecule has 62 valence electrons. The van der Waals surface area contributed by atoms with Gasteiger partial charge in [0.25, 0.3) is 5.56 Å². The van der Waals surface area contributed by atoms with Gasteiger partial charge in [-0.3, -0.25) is 4.79 Å². The van der Waals surface area contributed by atoms with Gasteiger partial charge < -0.3 is 4.57 Å². The molecule has 12 heavy (non-hydrogen) atoms. The number of pyridine rings is 1. The van der Waals surface area contributed by atoms with E-state index in [1.807, 2.05) is 6.07 Å². The number of aromatic nitrogens is 1. The Morgan fingerprint density at radius 2 is 2.33 bits per heavy atom. The summed E-state index contributed by atoms with van der Waals surface area (Å²) >= 11 is 0. The summed E-state index contributed by atoms with van der Waals surface area (Å²) in [5.74, 6) is 5.71. The second-order valence-electron chi connectivity index (χ2n) is 2.41. The standard InChI is InChI=1S/C10H11NO/c1-2-3-5-8-11-9-6-4-7-10(11)12/h4,6-7,9H,5,8H2,1H3. The van der Waals surface area contributed by atoms with Crippen LogP contribution in [0.1, 0.15) is 13.3 Å². The summed E-state index contributed by atoms with van der Waals surface area (Å²) in [4.78, 5) is 11.1. The van der Waals surface area contributed by atoms with Gasteiger partial charge in [0.1, 0.15) is 0 Å². The molecule has 0 saturated heterocycles. The Hall–Kier alpha value is -1.49. The predicted molar refractivity (Wildman–Crippen MR) is 48.8 cm³/mol. The van der Waals surface area contributed by atoms with E-state index in [2.05, 4.69) is 11.8 Å². The summed E-state index contributed by atoms with van der Waals surface area (Å²) in [6.07, 6.45) is 2.51. The van der Waals surface area contributed by atoms with Gasteiger partial charge in [0.05, 0.1) is 0 Å². The van der Waals surface area contributed by atoms with Gasteiger partial charge in [0.15, 0.2) is 0 Å². The van der Waals surface area contributed by atoms with Crippen molar-refractivity contribution in [1.82, 2.24) is 4.57 Å². The van der Waals surface area contributed by atoms with E-state index in [1.54, 1.807) is 29.8 Å². The van der Waals surface area contributed by atoms with Crippen LogP contribution in [0.3, 0.4) is 0 Å². The van der Waals surface area contributed by atoms with E-state index in [1.165, 1.54) is 0 Å². The normalized spacial score (nSPS) is 8.75. The maximum atomic E-state index is 11.1. The van der Waals surface area contributed by atoms with Crippen molar-refractivity contribution in [2.45, 2.75) is 19.9 Å². The van der Waals surface area contributed by atoms with E-state index < -0.39 is 0 Å². The molecular weight excluding hydrogens is 150 g/mol. The average molecular weight is 161 g/mol. The Morgan fingerprint density at radius 3 is 3.00 bits per heavy atom. The van der Waals surface area contributed by atoms with E-state index in [9.17, 15) is 4.79 Å². The molecule has 0 radical (unpaired) electrons. The van der Waals surface area contributed by atoms with Crippen LogP contribution in [-0.4, -0.2) is 4.57 Å². The summed E-state index contributed by atoms with van der Waals surface area (Å²) in [5.41, 5.74) is 0.0374. The molecule has 0 bridgehead atoms. The molecule has 0 aliphatic rings. The van der Waals surface area contributed by atoms with Crippen molar-refractivity contribution >= 4 is 0 Å². The fourth-order valence-electron chi connectivity index (χ4n) is 0.947. The van der Waals surface area contributed by atoms with Crippen LogP contribution in [-0.2, 0) is 6.54 Å². The van der Waals surface area contributed by atoms with Crippen LogP contribution in [0.4, 0.5) is 0 Å². The van der Waals surface area contributed by atoms with Crippen LogP contribution in [0.25, 0.3) is 0 Å². The number of rotatable bonds is 2. The molecule has 2 heteroatoms. The quantitative estimate of drug-likeness (QED) is 0.598. The van der Waals surface area contributed by atoms with Crippen LogP contribution < -0.4 is 5.56 Å². The molecule has 0 saturated carbocycles. The first-order valence-electron chi connectivity index (χ1n) is 3.89. The molecule has 2 nitrogen and oxygen atoms in total. The van der Waals surface area contributed by atoms with E-state index >= 15 is 0 Å². The minimum atomic E-state index is 0.0374. The fraction of sp³-hybridized carbons (Fsp3) is 0.300. The molecular formula is C10H11NO.